The number of amides is 1. The first-order valence-corrected chi connectivity index (χ1v) is 7.07. The lowest BCUT2D eigenvalue weighted by atomic mass is 9.92. The number of ether oxygens (including phenoxy) is 2. The Kier molecular flexibility index (Phi) is 6.07. The fraction of sp³-hybridized carbons (Fsp3) is 0.929. The fourth-order valence-corrected chi connectivity index (χ4v) is 2.26. The lowest BCUT2D eigenvalue weighted by Gasteiger charge is -2.33. The maximum absolute atomic E-state index is 12.0. The molecule has 0 bridgehead atoms. The summed E-state index contributed by atoms with van der Waals surface area (Å²) in [4.78, 5) is 13.7. The van der Waals surface area contributed by atoms with Crippen molar-refractivity contribution in [1.82, 2.24) is 4.90 Å². The highest BCUT2D eigenvalue weighted by molar-refractivity contribution is 5.68. The fourth-order valence-electron chi connectivity index (χ4n) is 2.26. The first-order chi connectivity index (χ1) is 8.83. The van der Waals surface area contributed by atoms with E-state index in [2.05, 4.69) is 0 Å². The molecule has 1 fully saturated rings. The molecule has 0 aromatic heterocycles. The lowest BCUT2D eigenvalue weighted by molar-refractivity contribution is 0.0161. The van der Waals surface area contributed by atoms with E-state index in [1.165, 1.54) is 0 Å². The van der Waals surface area contributed by atoms with Gasteiger partial charge in [-0.1, -0.05) is 0 Å². The zero-order chi connectivity index (χ0) is 14.5. The van der Waals surface area contributed by atoms with Crippen molar-refractivity contribution in [2.75, 3.05) is 26.8 Å². The van der Waals surface area contributed by atoms with Crippen LogP contribution in [-0.4, -0.2) is 49.4 Å². The van der Waals surface area contributed by atoms with Crippen molar-refractivity contribution < 1.29 is 14.3 Å². The molecule has 0 aliphatic carbocycles. The summed E-state index contributed by atoms with van der Waals surface area (Å²) in [7, 11) is 1.77. The lowest BCUT2D eigenvalue weighted by Crippen LogP contribution is -2.45. The molecule has 19 heavy (non-hydrogen) atoms. The van der Waals surface area contributed by atoms with Crippen molar-refractivity contribution in [1.29, 1.82) is 0 Å². The summed E-state index contributed by atoms with van der Waals surface area (Å²) in [5, 5.41) is 0. The van der Waals surface area contributed by atoms with Crippen molar-refractivity contribution in [3.63, 3.8) is 0 Å². The molecule has 1 amide bonds. The Morgan fingerprint density at radius 3 is 2.47 bits per heavy atom. The van der Waals surface area contributed by atoms with Crippen LogP contribution in [0.1, 0.15) is 40.0 Å². The topological polar surface area (TPSA) is 64.8 Å². The molecule has 1 aliphatic rings. The zero-order valence-corrected chi connectivity index (χ0v) is 12.6. The molecule has 0 aromatic carbocycles. The van der Waals surface area contributed by atoms with E-state index in [0.29, 0.717) is 12.5 Å². The number of hydrogen-bond donors (Lipinski definition) is 1. The highest BCUT2D eigenvalue weighted by Crippen LogP contribution is 2.22. The summed E-state index contributed by atoms with van der Waals surface area (Å²) in [5.74, 6) is 0.590. The molecule has 1 rings (SSSR count). The smallest absolute Gasteiger partial charge is 0.410 e. The van der Waals surface area contributed by atoms with Crippen LogP contribution >= 0.6 is 0 Å². The predicted octanol–water partition coefficient (Wildman–Crippen LogP) is 2.00. The van der Waals surface area contributed by atoms with Crippen molar-refractivity contribution in [2.45, 2.75) is 51.7 Å². The van der Waals surface area contributed by atoms with Crippen LogP contribution in [0.4, 0.5) is 4.79 Å². The Morgan fingerprint density at radius 1 is 1.42 bits per heavy atom. The van der Waals surface area contributed by atoms with Crippen LogP contribution in [0, 0.1) is 5.92 Å². The van der Waals surface area contributed by atoms with Gasteiger partial charge < -0.3 is 20.1 Å². The molecule has 1 atom stereocenters. The molecule has 112 valence electrons. The summed E-state index contributed by atoms with van der Waals surface area (Å²) in [6.07, 6.45) is 2.74. The predicted molar refractivity (Wildman–Crippen MR) is 75.0 cm³/mol. The maximum Gasteiger partial charge on any atom is 0.410 e. The molecule has 0 saturated carbocycles. The SMILES string of the molecule is CN(C(=O)OC(C)(C)C)[C@H](CN)CC1CCOCC1. The van der Waals surface area contributed by atoms with E-state index in [9.17, 15) is 4.79 Å². The maximum atomic E-state index is 12.0. The average molecular weight is 272 g/mol. The molecule has 0 aromatic rings. The molecule has 2 N–H and O–H groups in total. The highest BCUT2D eigenvalue weighted by atomic mass is 16.6. The Morgan fingerprint density at radius 2 is 2.00 bits per heavy atom. The zero-order valence-electron chi connectivity index (χ0n) is 12.6. The minimum absolute atomic E-state index is 0.0398. The Balaban J connectivity index is 2.50. The van der Waals surface area contributed by atoms with Gasteiger partial charge in [0.25, 0.3) is 0 Å². The van der Waals surface area contributed by atoms with Crippen LogP contribution in [0.5, 0.6) is 0 Å². The van der Waals surface area contributed by atoms with Crippen LogP contribution in [0.3, 0.4) is 0 Å². The van der Waals surface area contributed by atoms with Crippen molar-refractivity contribution in [3.05, 3.63) is 0 Å². The van der Waals surface area contributed by atoms with E-state index >= 15 is 0 Å². The van der Waals surface area contributed by atoms with Gasteiger partial charge in [-0.05, 0) is 46.0 Å². The van der Waals surface area contributed by atoms with Gasteiger partial charge in [-0.15, -0.1) is 0 Å². The van der Waals surface area contributed by atoms with Crippen LogP contribution in [0.15, 0.2) is 0 Å². The second kappa shape index (κ2) is 7.10. The number of carbonyl (C=O) groups excluding carboxylic acids is 1. The van der Waals surface area contributed by atoms with E-state index < -0.39 is 5.60 Å². The quantitative estimate of drug-likeness (QED) is 0.850. The van der Waals surface area contributed by atoms with Crippen molar-refractivity contribution in [3.8, 4) is 0 Å². The number of rotatable bonds is 4. The molecular formula is C14H28N2O3. The van der Waals surface area contributed by atoms with Gasteiger partial charge in [0.05, 0.1) is 0 Å². The van der Waals surface area contributed by atoms with Gasteiger partial charge in [0.1, 0.15) is 5.60 Å². The largest absolute Gasteiger partial charge is 0.444 e. The van der Waals surface area contributed by atoms with Gasteiger partial charge in [0.2, 0.25) is 0 Å². The summed E-state index contributed by atoms with van der Waals surface area (Å²) in [6.45, 7) is 7.71. The first-order valence-electron chi connectivity index (χ1n) is 7.07. The minimum atomic E-state index is -0.469. The van der Waals surface area contributed by atoms with Gasteiger partial charge in [-0.2, -0.15) is 0 Å². The van der Waals surface area contributed by atoms with Gasteiger partial charge >= 0.3 is 6.09 Å². The summed E-state index contributed by atoms with van der Waals surface area (Å²) in [6, 6.07) is 0.0398. The van der Waals surface area contributed by atoms with E-state index in [-0.39, 0.29) is 12.1 Å². The van der Waals surface area contributed by atoms with Crippen LogP contribution in [0.25, 0.3) is 0 Å². The molecule has 5 heteroatoms. The molecule has 1 heterocycles. The van der Waals surface area contributed by atoms with Crippen molar-refractivity contribution >= 4 is 6.09 Å². The third-order valence-corrected chi connectivity index (χ3v) is 3.45. The summed E-state index contributed by atoms with van der Waals surface area (Å²) < 4.78 is 10.7. The van der Waals surface area contributed by atoms with E-state index in [4.69, 9.17) is 15.2 Å². The van der Waals surface area contributed by atoms with Crippen LogP contribution in [0.2, 0.25) is 0 Å². The normalized spacial score (nSPS) is 19.0. The number of carbonyl (C=O) groups is 1. The molecular weight excluding hydrogens is 244 g/mol. The minimum Gasteiger partial charge on any atom is -0.444 e. The molecule has 5 nitrogen and oxygen atoms in total. The molecule has 1 saturated heterocycles. The Labute approximate surface area is 116 Å². The molecule has 0 radical (unpaired) electrons. The van der Waals surface area contributed by atoms with E-state index in [1.807, 2.05) is 20.8 Å². The van der Waals surface area contributed by atoms with Gasteiger partial charge in [0, 0.05) is 32.8 Å². The third kappa shape index (κ3) is 5.78. The van der Waals surface area contributed by atoms with Crippen LogP contribution in [-0.2, 0) is 9.47 Å². The Bertz CT molecular complexity index is 283. The van der Waals surface area contributed by atoms with Crippen LogP contribution < -0.4 is 5.73 Å². The molecule has 0 spiro atoms. The van der Waals surface area contributed by atoms with Crippen molar-refractivity contribution in [2.24, 2.45) is 11.7 Å². The van der Waals surface area contributed by atoms with Gasteiger partial charge in [-0.25, -0.2) is 4.79 Å². The summed E-state index contributed by atoms with van der Waals surface area (Å²) in [5.41, 5.74) is 5.34. The second-order valence-corrected chi connectivity index (χ2v) is 6.27. The monoisotopic (exact) mass is 272 g/mol. The van der Waals surface area contributed by atoms with E-state index in [1.54, 1.807) is 11.9 Å². The molecule has 0 unspecified atom stereocenters. The number of nitrogens with two attached hydrogens (primary N) is 1. The highest BCUT2D eigenvalue weighted by Gasteiger charge is 2.27. The van der Waals surface area contributed by atoms with Gasteiger partial charge in [0.15, 0.2) is 0 Å². The number of likely N-dealkylation sites (N-methyl/N-ethyl adjacent to an activating group) is 1. The number of nitrogens with zero attached hydrogens (tertiary/aromatic N) is 1. The number of hydrogen-bond acceptors (Lipinski definition) is 4. The standard InChI is InChI=1S/C14H28N2O3/c1-14(2,3)19-13(17)16(4)12(10-15)9-11-5-7-18-8-6-11/h11-12H,5-10,15H2,1-4H3/t12-/m0/s1. The Hall–Kier alpha value is -0.810. The first kappa shape index (κ1) is 16.2. The third-order valence-electron chi connectivity index (χ3n) is 3.45. The molecule has 1 aliphatic heterocycles. The summed E-state index contributed by atoms with van der Waals surface area (Å²) >= 11 is 0. The van der Waals surface area contributed by atoms with E-state index in [0.717, 1.165) is 32.5 Å². The average Bonchev–Trinajstić information content (AvgIpc) is 2.34. The van der Waals surface area contributed by atoms with Gasteiger partial charge in [-0.3, -0.25) is 0 Å². The second-order valence-electron chi connectivity index (χ2n) is 6.27.